The molecule has 0 bridgehead atoms. The molecule has 0 saturated carbocycles. The van der Waals surface area contributed by atoms with E-state index in [9.17, 15) is 18.0 Å². The van der Waals surface area contributed by atoms with Crippen LogP contribution in [0.2, 0.25) is 0 Å². The van der Waals surface area contributed by atoms with E-state index < -0.39 is 27.8 Å². The summed E-state index contributed by atoms with van der Waals surface area (Å²) in [6.07, 6.45) is 4.02. The summed E-state index contributed by atoms with van der Waals surface area (Å²) in [4.78, 5) is 29.4. The molecule has 3 N–H and O–H groups in total. The van der Waals surface area contributed by atoms with Gasteiger partial charge in [-0.15, -0.1) is 4.65 Å². The maximum atomic E-state index is 12.8. The van der Waals surface area contributed by atoms with Crippen molar-refractivity contribution in [3.05, 3.63) is 60.1 Å². The van der Waals surface area contributed by atoms with Gasteiger partial charge in [-0.3, -0.25) is 10.1 Å². The van der Waals surface area contributed by atoms with Crippen LogP contribution < -0.4 is 20.7 Å². The molecule has 230 valence electrons. The lowest BCUT2D eigenvalue weighted by molar-refractivity contribution is -1.13. The zero-order valence-electron chi connectivity index (χ0n) is 24.4. The van der Waals surface area contributed by atoms with Crippen LogP contribution in [0.1, 0.15) is 49.9 Å². The Morgan fingerprint density at radius 3 is 2.14 bits per heavy atom. The van der Waals surface area contributed by atoms with Crippen molar-refractivity contribution < 1.29 is 40.9 Å². The topological polar surface area (TPSA) is 171 Å². The second kappa shape index (κ2) is 11.6. The highest BCUT2D eigenvalue weighted by Gasteiger charge is 2.64. The van der Waals surface area contributed by atoms with Gasteiger partial charge in [0.1, 0.15) is 43.5 Å². The average Bonchev–Trinajstić information content (AvgIpc) is 3.57. The van der Waals surface area contributed by atoms with Crippen molar-refractivity contribution >= 4 is 39.2 Å². The number of nitrogens with one attached hydrogen (secondary N) is 3. The molecule has 14 nitrogen and oxygen atoms in total. The Hall–Kier alpha value is -4.05. The van der Waals surface area contributed by atoms with E-state index in [1.165, 1.54) is 12.3 Å². The highest BCUT2D eigenvalue weighted by atomic mass is 32.2. The SMILES string of the molecule is CC(C)(C)c1cc(NC(=O)Nc2ccc(NC(=O)c3ccc(OC4([N+]5(OS(C)(=O)=O)CCCC5)COC4)cn3)cc2)no1. The Morgan fingerprint density at radius 1 is 0.977 bits per heavy atom. The van der Waals surface area contributed by atoms with Gasteiger partial charge in [0.15, 0.2) is 5.82 Å². The molecule has 5 rings (SSSR count). The normalized spacial score (nSPS) is 17.5. The van der Waals surface area contributed by atoms with Crippen LogP contribution in [-0.4, -0.2) is 73.4 Å². The average molecular weight is 616 g/mol. The minimum Gasteiger partial charge on any atom is -0.432 e. The van der Waals surface area contributed by atoms with E-state index >= 15 is 0 Å². The summed E-state index contributed by atoms with van der Waals surface area (Å²) in [6, 6.07) is 10.8. The second-order valence-electron chi connectivity index (χ2n) is 11.7. The van der Waals surface area contributed by atoms with Crippen LogP contribution in [-0.2, 0) is 24.6 Å². The maximum Gasteiger partial charge on any atom is 0.324 e. The van der Waals surface area contributed by atoms with Gasteiger partial charge < -0.3 is 24.6 Å². The molecule has 0 spiro atoms. The molecule has 15 heteroatoms. The molecule has 0 atom stereocenters. The standard InChI is InChI=1S/C28H34N6O8S/c1-27(2,3)23-15-24(33-41-23)32-26(36)31-20-9-7-19(8-10-20)30-25(35)22-12-11-21(16-29-22)40-28(17-39-18-28)34(13-5-6-14-34)42-43(4,37)38/h7-12,15-16H,5-6,13-14,17-18H2,1-4H3,(H2-,29,30,31,32,33,35,36)/p+1. The molecule has 0 aliphatic carbocycles. The van der Waals surface area contributed by atoms with E-state index in [0.717, 1.165) is 19.1 Å². The van der Waals surface area contributed by atoms with Crippen LogP contribution >= 0.6 is 0 Å². The van der Waals surface area contributed by atoms with Crippen LogP contribution in [0.25, 0.3) is 0 Å². The Morgan fingerprint density at radius 2 is 1.63 bits per heavy atom. The van der Waals surface area contributed by atoms with Crippen LogP contribution in [0.5, 0.6) is 5.75 Å². The first-order valence-electron chi connectivity index (χ1n) is 13.7. The van der Waals surface area contributed by atoms with E-state index in [-0.39, 0.29) is 29.0 Å². The number of aromatic nitrogens is 2. The van der Waals surface area contributed by atoms with Crippen LogP contribution in [0, 0.1) is 0 Å². The van der Waals surface area contributed by atoms with Gasteiger partial charge in [-0.1, -0.05) is 30.2 Å². The molecule has 2 aliphatic rings. The van der Waals surface area contributed by atoms with Crippen LogP contribution in [0.15, 0.2) is 53.2 Å². The number of nitrogens with zero attached hydrogens (tertiary/aromatic N) is 3. The highest BCUT2D eigenvalue weighted by Crippen LogP contribution is 2.40. The first-order chi connectivity index (χ1) is 20.3. The van der Waals surface area contributed by atoms with Crippen LogP contribution in [0.3, 0.4) is 0 Å². The molecule has 1 aromatic carbocycles. The third-order valence-corrected chi connectivity index (χ3v) is 7.69. The quantitative estimate of drug-likeness (QED) is 0.300. The molecule has 3 aromatic rings. The number of amides is 3. The molecule has 3 amide bonds. The summed E-state index contributed by atoms with van der Waals surface area (Å²) >= 11 is 0. The Kier molecular flexibility index (Phi) is 8.17. The van der Waals surface area contributed by atoms with E-state index in [2.05, 4.69) is 26.1 Å². The molecule has 43 heavy (non-hydrogen) atoms. The molecular formula is C28H35N6O8S+. The number of benzene rings is 1. The third kappa shape index (κ3) is 6.96. The van der Waals surface area contributed by atoms with Gasteiger partial charge in [0, 0.05) is 35.7 Å². The van der Waals surface area contributed by atoms with Crippen molar-refractivity contribution in [2.24, 2.45) is 0 Å². The van der Waals surface area contributed by atoms with Crippen molar-refractivity contribution in [1.29, 1.82) is 0 Å². The smallest absolute Gasteiger partial charge is 0.324 e. The van der Waals surface area contributed by atoms with Gasteiger partial charge in [0.05, 0.1) is 12.5 Å². The summed E-state index contributed by atoms with van der Waals surface area (Å²) < 4.78 is 46.4. The lowest BCUT2D eigenvalue weighted by atomic mass is 9.93. The highest BCUT2D eigenvalue weighted by molar-refractivity contribution is 7.85. The maximum absolute atomic E-state index is 12.8. The number of quaternary nitrogens is 1. The number of carbonyl (C=O) groups excluding carboxylic acids is 2. The fourth-order valence-electron chi connectivity index (χ4n) is 4.90. The number of anilines is 3. The summed E-state index contributed by atoms with van der Waals surface area (Å²) in [5, 5.41) is 11.9. The summed E-state index contributed by atoms with van der Waals surface area (Å²) in [7, 11) is -3.75. The lowest BCUT2D eigenvalue weighted by Gasteiger charge is -2.49. The van der Waals surface area contributed by atoms with Gasteiger partial charge in [0.2, 0.25) is 0 Å². The van der Waals surface area contributed by atoms with E-state index in [0.29, 0.717) is 41.8 Å². The van der Waals surface area contributed by atoms with E-state index in [1.54, 1.807) is 36.4 Å². The largest absolute Gasteiger partial charge is 0.432 e. The van der Waals surface area contributed by atoms with Gasteiger partial charge >= 0.3 is 21.9 Å². The molecule has 2 aromatic heterocycles. The van der Waals surface area contributed by atoms with Gasteiger partial charge in [-0.25, -0.2) is 9.78 Å². The van der Waals surface area contributed by atoms with E-state index in [4.69, 9.17) is 18.3 Å². The number of hydrogen-bond acceptors (Lipinski definition) is 10. The summed E-state index contributed by atoms with van der Waals surface area (Å²) in [5.74, 6) is 0.851. The summed E-state index contributed by atoms with van der Waals surface area (Å²) in [6.45, 7) is 7.20. The molecule has 2 aliphatic heterocycles. The second-order valence-corrected chi connectivity index (χ2v) is 13.2. The molecule has 2 fully saturated rings. The monoisotopic (exact) mass is 615 g/mol. The van der Waals surface area contributed by atoms with Crippen molar-refractivity contribution in [2.45, 2.75) is 44.8 Å². The first-order valence-corrected chi connectivity index (χ1v) is 15.6. The Bertz CT molecular complexity index is 1570. The number of hydrogen-bond donors (Lipinski definition) is 3. The van der Waals surface area contributed by atoms with Crippen molar-refractivity contribution in [3.8, 4) is 5.75 Å². The van der Waals surface area contributed by atoms with Crippen LogP contribution in [0.4, 0.5) is 22.0 Å². The minimum atomic E-state index is -3.75. The van der Waals surface area contributed by atoms with Gasteiger partial charge in [-0.05, 0) is 36.4 Å². The molecule has 4 heterocycles. The minimum absolute atomic E-state index is 0.146. The molecule has 0 unspecified atom stereocenters. The van der Waals surface area contributed by atoms with Crippen molar-refractivity contribution in [1.82, 2.24) is 10.1 Å². The number of ether oxygens (including phenoxy) is 2. The number of likely N-dealkylation sites (tertiary alicyclic amines) is 1. The Balaban J connectivity index is 1.17. The predicted molar refractivity (Wildman–Crippen MR) is 156 cm³/mol. The van der Waals surface area contributed by atoms with Crippen molar-refractivity contribution in [2.75, 3.05) is 48.5 Å². The Labute approximate surface area is 249 Å². The first kappa shape index (κ1) is 30.4. The fourth-order valence-corrected chi connectivity index (χ4v) is 5.71. The molecular weight excluding hydrogens is 580 g/mol. The number of urea groups is 1. The number of pyridine rings is 1. The van der Waals surface area contributed by atoms with Gasteiger partial charge in [0.25, 0.3) is 5.91 Å². The number of rotatable bonds is 9. The fraction of sp³-hybridized carbons (Fsp3) is 0.429. The number of carbonyl (C=O) groups is 2. The zero-order chi connectivity index (χ0) is 30.9. The van der Waals surface area contributed by atoms with Crippen molar-refractivity contribution in [3.63, 3.8) is 0 Å². The third-order valence-electron chi connectivity index (χ3n) is 7.13. The predicted octanol–water partition coefficient (Wildman–Crippen LogP) is 3.87. The summed E-state index contributed by atoms with van der Waals surface area (Å²) in [5.41, 5.74) is -0.122. The number of hydroxylamine groups is 3. The molecule has 2 saturated heterocycles. The zero-order valence-corrected chi connectivity index (χ0v) is 25.2. The van der Waals surface area contributed by atoms with E-state index in [1.807, 2.05) is 20.8 Å². The molecule has 0 radical (unpaired) electrons. The van der Waals surface area contributed by atoms with Gasteiger partial charge in [-0.2, -0.15) is 8.42 Å². The lowest BCUT2D eigenvalue weighted by Crippen LogP contribution is -2.75.